The molecule has 4 nitrogen and oxygen atoms in total. The number of fused-ring (bicyclic) bond motifs is 1. The number of hydrogen-bond acceptors (Lipinski definition) is 3. The maximum atomic E-state index is 12.6. The van der Waals surface area contributed by atoms with Crippen molar-refractivity contribution in [3.8, 4) is 5.75 Å². The smallest absolute Gasteiger partial charge is 0.264 e. The standard InChI is InChI=1S/C16H22N2O2/c1-10-6-13-8-15(20-14(13)7-11(10)2)16(19)18-5-4-17-12(3)9-18/h6-7,12,15,17H,4-5,8-9H2,1-3H3/t12-,15-/m0/s1. The lowest BCUT2D eigenvalue weighted by atomic mass is 10.0. The van der Waals surface area contributed by atoms with Crippen LogP contribution in [0.4, 0.5) is 0 Å². The SMILES string of the molecule is Cc1cc2c(cc1C)O[C@H](C(=O)N1CCN[C@@H](C)C1)C2. The summed E-state index contributed by atoms with van der Waals surface area (Å²) < 4.78 is 5.88. The molecule has 2 atom stereocenters. The highest BCUT2D eigenvalue weighted by Gasteiger charge is 2.34. The van der Waals surface area contributed by atoms with E-state index in [0.29, 0.717) is 12.5 Å². The Balaban J connectivity index is 1.73. The van der Waals surface area contributed by atoms with Gasteiger partial charge in [-0.3, -0.25) is 4.79 Å². The van der Waals surface area contributed by atoms with E-state index in [1.165, 1.54) is 11.1 Å². The Morgan fingerprint density at radius 1 is 1.35 bits per heavy atom. The molecule has 1 amide bonds. The second-order valence-corrected chi connectivity index (χ2v) is 5.99. The predicted molar refractivity (Wildman–Crippen MR) is 78.1 cm³/mol. The Morgan fingerprint density at radius 2 is 2.10 bits per heavy atom. The normalized spacial score (nSPS) is 25.2. The van der Waals surface area contributed by atoms with E-state index in [-0.39, 0.29) is 12.0 Å². The van der Waals surface area contributed by atoms with Crippen LogP contribution < -0.4 is 10.1 Å². The lowest BCUT2D eigenvalue weighted by molar-refractivity contribution is -0.139. The summed E-state index contributed by atoms with van der Waals surface area (Å²) in [6, 6.07) is 4.57. The Bertz CT molecular complexity index is 511. The van der Waals surface area contributed by atoms with Gasteiger partial charge in [0.15, 0.2) is 6.10 Å². The maximum Gasteiger partial charge on any atom is 0.264 e. The molecule has 1 fully saturated rings. The fraction of sp³-hybridized carbons (Fsp3) is 0.562. The summed E-state index contributed by atoms with van der Waals surface area (Å²) in [7, 11) is 0. The van der Waals surface area contributed by atoms with Crippen LogP contribution in [0.5, 0.6) is 5.75 Å². The molecule has 0 aromatic heterocycles. The molecule has 1 aromatic rings. The fourth-order valence-corrected chi connectivity index (χ4v) is 2.99. The van der Waals surface area contributed by atoms with Crippen LogP contribution in [0.3, 0.4) is 0 Å². The third kappa shape index (κ3) is 2.40. The Hall–Kier alpha value is -1.55. The summed E-state index contributed by atoms with van der Waals surface area (Å²) in [5, 5.41) is 3.35. The number of nitrogens with one attached hydrogen (secondary N) is 1. The van der Waals surface area contributed by atoms with Gasteiger partial charge in [0.1, 0.15) is 5.75 Å². The largest absolute Gasteiger partial charge is 0.480 e. The summed E-state index contributed by atoms with van der Waals surface area (Å²) in [4.78, 5) is 14.5. The molecule has 0 aliphatic carbocycles. The molecular weight excluding hydrogens is 252 g/mol. The van der Waals surface area contributed by atoms with Crippen molar-refractivity contribution in [2.45, 2.75) is 39.3 Å². The number of rotatable bonds is 1. The molecule has 1 N–H and O–H groups in total. The third-order valence-electron chi connectivity index (χ3n) is 4.31. The van der Waals surface area contributed by atoms with Gasteiger partial charge >= 0.3 is 0 Å². The van der Waals surface area contributed by atoms with E-state index in [1.54, 1.807) is 0 Å². The third-order valence-corrected chi connectivity index (χ3v) is 4.31. The van der Waals surface area contributed by atoms with Crippen molar-refractivity contribution in [2.24, 2.45) is 0 Å². The second-order valence-electron chi connectivity index (χ2n) is 5.99. The number of aryl methyl sites for hydroxylation is 2. The number of hydrogen-bond donors (Lipinski definition) is 1. The molecule has 3 rings (SSSR count). The molecule has 2 heterocycles. The first-order valence-electron chi connectivity index (χ1n) is 7.33. The number of carbonyl (C=O) groups is 1. The minimum absolute atomic E-state index is 0.129. The summed E-state index contributed by atoms with van der Waals surface area (Å²) in [5.74, 6) is 1.01. The number of ether oxygens (including phenoxy) is 1. The molecule has 0 unspecified atom stereocenters. The van der Waals surface area contributed by atoms with E-state index in [4.69, 9.17) is 4.74 Å². The van der Waals surface area contributed by atoms with Gasteiger partial charge in [0.2, 0.25) is 0 Å². The van der Waals surface area contributed by atoms with Gasteiger partial charge in [0.25, 0.3) is 5.91 Å². The van der Waals surface area contributed by atoms with Crippen LogP contribution in [0.1, 0.15) is 23.6 Å². The van der Waals surface area contributed by atoms with Crippen molar-refractivity contribution in [1.82, 2.24) is 10.2 Å². The zero-order valence-corrected chi connectivity index (χ0v) is 12.4. The first-order valence-corrected chi connectivity index (χ1v) is 7.33. The number of benzene rings is 1. The van der Waals surface area contributed by atoms with E-state index in [0.717, 1.165) is 30.9 Å². The van der Waals surface area contributed by atoms with Gasteiger partial charge in [0.05, 0.1) is 0 Å². The molecule has 1 aromatic carbocycles. The van der Waals surface area contributed by atoms with Crippen LogP contribution in [0.15, 0.2) is 12.1 Å². The molecule has 0 radical (unpaired) electrons. The van der Waals surface area contributed by atoms with Crippen LogP contribution in [0.2, 0.25) is 0 Å². The van der Waals surface area contributed by atoms with Crippen molar-refractivity contribution in [1.29, 1.82) is 0 Å². The van der Waals surface area contributed by atoms with Crippen LogP contribution in [-0.2, 0) is 11.2 Å². The number of amides is 1. The zero-order valence-electron chi connectivity index (χ0n) is 12.4. The van der Waals surface area contributed by atoms with E-state index >= 15 is 0 Å². The summed E-state index contributed by atoms with van der Waals surface area (Å²) >= 11 is 0. The van der Waals surface area contributed by atoms with Crippen LogP contribution >= 0.6 is 0 Å². The first kappa shape index (κ1) is 13.4. The number of piperazine rings is 1. The van der Waals surface area contributed by atoms with Crippen molar-refractivity contribution in [3.05, 3.63) is 28.8 Å². The van der Waals surface area contributed by atoms with E-state index in [9.17, 15) is 4.79 Å². The monoisotopic (exact) mass is 274 g/mol. The lowest BCUT2D eigenvalue weighted by Gasteiger charge is -2.33. The molecule has 2 aliphatic heterocycles. The molecule has 0 bridgehead atoms. The van der Waals surface area contributed by atoms with Gasteiger partial charge < -0.3 is 15.0 Å². The molecule has 1 saturated heterocycles. The average molecular weight is 274 g/mol. The molecule has 0 saturated carbocycles. The van der Waals surface area contributed by atoms with Gasteiger partial charge in [-0.15, -0.1) is 0 Å². The molecule has 108 valence electrons. The van der Waals surface area contributed by atoms with Gasteiger partial charge in [-0.2, -0.15) is 0 Å². The molecule has 4 heteroatoms. The van der Waals surface area contributed by atoms with Crippen molar-refractivity contribution in [3.63, 3.8) is 0 Å². The van der Waals surface area contributed by atoms with Crippen molar-refractivity contribution in [2.75, 3.05) is 19.6 Å². The lowest BCUT2D eigenvalue weighted by Crippen LogP contribution is -2.54. The predicted octanol–water partition coefficient (Wildman–Crippen LogP) is 1.43. The second kappa shape index (κ2) is 5.09. The Labute approximate surface area is 120 Å². The Morgan fingerprint density at radius 3 is 2.85 bits per heavy atom. The molecule has 2 aliphatic rings. The summed E-state index contributed by atoms with van der Waals surface area (Å²) in [5.41, 5.74) is 3.64. The zero-order chi connectivity index (χ0) is 14.3. The number of nitrogens with zero attached hydrogens (tertiary/aromatic N) is 1. The van der Waals surface area contributed by atoms with Crippen LogP contribution in [0, 0.1) is 13.8 Å². The minimum Gasteiger partial charge on any atom is -0.480 e. The fourth-order valence-electron chi connectivity index (χ4n) is 2.99. The van der Waals surface area contributed by atoms with Crippen molar-refractivity contribution < 1.29 is 9.53 Å². The average Bonchev–Trinajstić information content (AvgIpc) is 2.81. The van der Waals surface area contributed by atoms with Gasteiger partial charge in [-0.1, -0.05) is 6.07 Å². The topological polar surface area (TPSA) is 41.6 Å². The number of carbonyl (C=O) groups excluding carboxylic acids is 1. The van der Waals surface area contributed by atoms with E-state index in [1.807, 2.05) is 4.90 Å². The highest BCUT2D eigenvalue weighted by atomic mass is 16.5. The maximum absolute atomic E-state index is 12.6. The molecule has 20 heavy (non-hydrogen) atoms. The quantitative estimate of drug-likeness (QED) is 0.842. The van der Waals surface area contributed by atoms with Gasteiger partial charge in [-0.25, -0.2) is 0 Å². The van der Waals surface area contributed by atoms with Gasteiger partial charge in [0, 0.05) is 32.1 Å². The molecule has 0 spiro atoms. The first-order chi connectivity index (χ1) is 9.54. The summed E-state index contributed by atoms with van der Waals surface area (Å²) in [6.07, 6.45) is 0.365. The van der Waals surface area contributed by atoms with E-state index < -0.39 is 0 Å². The van der Waals surface area contributed by atoms with Crippen LogP contribution in [-0.4, -0.2) is 42.6 Å². The van der Waals surface area contributed by atoms with Gasteiger partial charge in [-0.05, 0) is 43.5 Å². The highest BCUT2D eigenvalue weighted by molar-refractivity contribution is 5.83. The highest BCUT2D eigenvalue weighted by Crippen LogP contribution is 2.32. The minimum atomic E-state index is -0.337. The van der Waals surface area contributed by atoms with Crippen molar-refractivity contribution >= 4 is 5.91 Å². The summed E-state index contributed by atoms with van der Waals surface area (Å²) in [6.45, 7) is 8.70. The molecular formula is C16H22N2O2. The van der Waals surface area contributed by atoms with Crippen LogP contribution in [0.25, 0.3) is 0 Å². The Kier molecular flexibility index (Phi) is 3.42. The van der Waals surface area contributed by atoms with E-state index in [2.05, 4.69) is 38.2 Å².